The van der Waals surface area contributed by atoms with E-state index in [0.717, 1.165) is 39.3 Å². The van der Waals surface area contributed by atoms with Crippen molar-refractivity contribution >= 4 is 12.0 Å². The summed E-state index contributed by atoms with van der Waals surface area (Å²) in [6.07, 6.45) is 4.46. The first-order valence-electron chi connectivity index (χ1n) is 8.38. The molecule has 0 bridgehead atoms. The number of likely N-dealkylation sites (N-methyl/N-ethyl adjacent to an activating group) is 1. The average molecular weight is 303 g/mol. The van der Waals surface area contributed by atoms with E-state index in [2.05, 4.69) is 41.7 Å². The standard InChI is InChI=1S/C18H27N3O/c1-3-19-18(22)16(2)21-14-12-20(13-15-21)11-7-10-17-8-5-4-6-9-17/h4-10,16H,3,11-15H2,1-2H3,(H,19,22)/p+2/b10-7+/t16-/m1/s1. The summed E-state index contributed by atoms with van der Waals surface area (Å²) in [6.45, 7) is 10.2. The molecule has 0 aliphatic carbocycles. The molecular formula is C18H29N3O+2. The van der Waals surface area contributed by atoms with Crippen molar-refractivity contribution < 1.29 is 14.6 Å². The minimum atomic E-state index is 0.0707. The van der Waals surface area contributed by atoms with Crippen LogP contribution in [0.4, 0.5) is 0 Å². The third kappa shape index (κ3) is 4.97. The quantitative estimate of drug-likeness (QED) is 0.620. The maximum atomic E-state index is 11.9. The summed E-state index contributed by atoms with van der Waals surface area (Å²) in [4.78, 5) is 14.9. The number of carbonyl (C=O) groups excluding carboxylic acids is 1. The highest BCUT2D eigenvalue weighted by Crippen LogP contribution is 1.99. The lowest BCUT2D eigenvalue weighted by molar-refractivity contribution is -1.02. The minimum Gasteiger partial charge on any atom is -0.351 e. The Labute approximate surface area is 133 Å². The van der Waals surface area contributed by atoms with Gasteiger partial charge < -0.3 is 15.1 Å². The lowest BCUT2D eigenvalue weighted by atomic mass is 10.2. The third-order valence-electron chi connectivity index (χ3n) is 4.47. The van der Waals surface area contributed by atoms with E-state index in [1.165, 1.54) is 10.5 Å². The van der Waals surface area contributed by atoms with Crippen molar-refractivity contribution in [3.8, 4) is 0 Å². The molecule has 1 aliphatic rings. The van der Waals surface area contributed by atoms with Gasteiger partial charge in [-0.2, -0.15) is 0 Å². The highest BCUT2D eigenvalue weighted by Gasteiger charge is 2.30. The second kappa shape index (κ2) is 8.71. The van der Waals surface area contributed by atoms with Gasteiger partial charge in [0.15, 0.2) is 6.04 Å². The van der Waals surface area contributed by atoms with Crippen LogP contribution in [-0.2, 0) is 4.79 Å². The molecule has 1 aromatic carbocycles. The van der Waals surface area contributed by atoms with Crippen molar-refractivity contribution in [2.45, 2.75) is 19.9 Å². The number of rotatable bonds is 6. The topological polar surface area (TPSA) is 38.0 Å². The van der Waals surface area contributed by atoms with Gasteiger partial charge in [-0.25, -0.2) is 0 Å². The summed E-state index contributed by atoms with van der Waals surface area (Å²) >= 11 is 0. The van der Waals surface area contributed by atoms with Gasteiger partial charge in [-0.05, 0) is 25.5 Å². The normalized spacial score (nSPS) is 23.4. The first kappa shape index (κ1) is 16.7. The van der Waals surface area contributed by atoms with Crippen molar-refractivity contribution in [3.05, 3.63) is 42.0 Å². The molecule has 1 fully saturated rings. The average Bonchev–Trinajstić information content (AvgIpc) is 2.56. The van der Waals surface area contributed by atoms with E-state index in [-0.39, 0.29) is 11.9 Å². The summed E-state index contributed by atoms with van der Waals surface area (Å²) in [6, 6.07) is 10.5. The number of carbonyl (C=O) groups is 1. The largest absolute Gasteiger partial charge is 0.351 e. The van der Waals surface area contributed by atoms with Gasteiger partial charge >= 0.3 is 0 Å². The van der Waals surface area contributed by atoms with Gasteiger partial charge in [-0.15, -0.1) is 0 Å². The van der Waals surface area contributed by atoms with Crippen molar-refractivity contribution in [1.29, 1.82) is 0 Å². The molecule has 3 N–H and O–H groups in total. The Kier molecular flexibility index (Phi) is 6.62. The molecule has 0 unspecified atom stereocenters. The number of quaternary nitrogens is 2. The number of benzene rings is 1. The first-order valence-corrected chi connectivity index (χ1v) is 8.38. The molecule has 1 aromatic rings. The van der Waals surface area contributed by atoms with Gasteiger partial charge in [-0.1, -0.05) is 36.4 Å². The molecule has 120 valence electrons. The van der Waals surface area contributed by atoms with E-state index in [4.69, 9.17) is 0 Å². The third-order valence-corrected chi connectivity index (χ3v) is 4.47. The molecule has 2 rings (SSSR count). The predicted octanol–water partition coefficient (Wildman–Crippen LogP) is -0.992. The Bertz CT molecular complexity index is 478. The molecule has 4 heteroatoms. The monoisotopic (exact) mass is 303 g/mol. The highest BCUT2D eigenvalue weighted by atomic mass is 16.2. The van der Waals surface area contributed by atoms with E-state index < -0.39 is 0 Å². The molecule has 0 radical (unpaired) electrons. The molecule has 0 saturated carbocycles. The van der Waals surface area contributed by atoms with Gasteiger partial charge in [0.05, 0.1) is 6.54 Å². The van der Waals surface area contributed by atoms with Crippen LogP contribution in [0.15, 0.2) is 36.4 Å². The highest BCUT2D eigenvalue weighted by molar-refractivity contribution is 5.79. The van der Waals surface area contributed by atoms with Crippen molar-refractivity contribution in [2.75, 3.05) is 39.3 Å². The fourth-order valence-corrected chi connectivity index (χ4v) is 3.00. The van der Waals surface area contributed by atoms with Crippen LogP contribution < -0.4 is 15.1 Å². The molecule has 22 heavy (non-hydrogen) atoms. The van der Waals surface area contributed by atoms with Crippen LogP contribution in [0.2, 0.25) is 0 Å². The predicted molar refractivity (Wildman–Crippen MR) is 89.9 cm³/mol. The fourth-order valence-electron chi connectivity index (χ4n) is 3.00. The number of nitrogens with one attached hydrogen (secondary N) is 3. The van der Waals surface area contributed by atoms with Crippen molar-refractivity contribution in [2.24, 2.45) is 0 Å². The van der Waals surface area contributed by atoms with E-state index in [9.17, 15) is 4.79 Å². The van der Waals surface area contributed by atoms with Crippen LogP contribution in [0.5, 0.6) is 0 Å². The minimum absolute atomic E-state index is 0.0707. The number of piperazine rings is 1. The Morgan fingerprint density at radius 1 is 1.23 bits per heavy atom. The number of hydrogen-bond donors (Lipinski definition) is 3. The molecule has 1 aliphatic heterocycles. The molecule has 4 nitrogen and oxygen atoms in total. The van der Waals surface area contributed by atoms with E-state index in [1.807, 2.05) is 19.9 Å². The van der Waals surface area contributed by atoms with E-state index in [0.29, 0.717) is 0 Å². The SMILES string of the molecule is CCNC(=O)[C@@H](C)[NH+]1CC[NH+](C/C=C/c2ccccc2)CC1. The van der Waals surface area contributed by atoms with Crippen LogP contribution in [0.25, 0.3) is 6.08 Å². The lowest BCUT2D eigenvalue weighted by Gasteiger charge is -2.32. The molecule has 1 heterocycles. The van der Waals surface area contributed by atoms with Crippen LogP contribution in [0.3, 0.4) is 0 Å². The molecular weight excluding hydrogens is 274 g/mol. The van der Waals surface area contributed by atoms with Gasteiger partial charge in [0.2, 0.25) is 0 Å². The summed E-state index contributed by atoms with van der Waals surface area (Å²) in [5.41, 5.74) is 1.26. The molecule has 1 atom stereocenters. The second-order valence-corrected chi connectivity index (χ2v) is 6.04. The van der Waals surface area contributed by atoms with Gasteiger partial charge in [0.1, 0.15) is 26.2 Å². The Balaban J connectivity index is 1.73. The van der Waals surface area contributed by atoms with Gasteiger partial charge in [-0.3, -0.25) is 4.79 Å². The summed E-state index contributed by atoms with van der Waals surface area (Å²) < 4.78 is 0. The van der Waals surface area contributed by atoms with E-state index in [1.54, 1.807) is 4.90 Å². The van der Waals surface area contributed by atoms with Crippen molar-refractivity contribution in [1.82, 2.24) is 5.32 Å². The van der Waals surface area contributed by atoms with Crippen LogP contribution in [-0.4, -0.2) is 51.2 Å². The van der Waals surface area contributed by atoms with Gasteiger partial charge in [0, 0.05) is 6.54 Å². The maximum Gasteiger partial charge on any atom is 0.278 e. The van der Waals surface area contributed by atoms with Crippen LogP contribution in [0.1, 0.15) is 19.4 Å². The summed E-state index contributed by atoms with van der Waals surface area (Å²) in [5.74, 6) is 0.185. The lowest BCUT2D eigenvalue weighted by Crippen LogP contribution is -3.30. The second-order valence-electron chi connectivity index (χ2n) is 6.04. The Morgan fingerprint density at radius 2 is 1.91 bits per heavy atom. The Morgan fingerprint density at radius 3 is 2.55 bits per heavy atom. The Hall–Kier alpha value is -1.65. The zero-order valence-electron chi connectivity index (χ0n) is 13.8. The number of hydrogen-bond acceptors (Lipinski definition) is 1. The van der Waals surface area contributed by atoms with Crippen LogP contribution in [0, 0.1) is 0 Å². The molecule has 0 spiro atoms. The zero-order chi connectivity index (χ0) is 15.8. The number of amides is 1. The van der Waals surface area contributed by atoms with Crippen molar-refractivity contribution in [3.63, 3.8) is 0 Å². The zero-order valence-corrected chi connectivity index (χ0v) is 13.8. The summed E-state index contributed by atoms with van der Waals surface area (Å²) in [7, 11) is 0. The fraction of sp³-hybridized carbons (Fsp3) is 0.500. The molecule has 1 saturated heterocycles. The summed E-state index contributed by atoms with van der Waals surface area (Å²) in [5, 5.41) is 2.93. The smallest absolute Gasteiger partial charge is 0.278 e. The van der Waals surface area contributed by atoms with Crippen LogP contribution >= 0.6 is 0 Å². The first-order chi connectivity index (χ1) is 10.7. The van der Waals surface area contributed by atoms with E-state index >= 15 is 0 Å². The molecule has 1 amide bonds. The molecule has 0 aromatic heterocycles. The maximum absolute atomic E-state index is 11.9. The van der Waals surface area contributed by atoms with Gasteiger partial charge in [0.25, 0.3) is 5.91 Å².